The lowest BCUT2D eigenvalue weighted by molar-refractivity contribution is -0.122. The summed E-state index contributed by atoms with van der Waals surface area (Å²) in [5, 5.41) is -0.315. The van der Waals surface area contributed by atoms with Gasteiger partial charge < -0.3 is 4.74 Å². The zero-order valence-corrected chi connectivity index (χ0v) is 18.4. The molecule has 2 amide bonds. The van der Waals surface area contributed by atoms with E-state index in [1.54, 1.807) is 30.3 Å². The molecule has 0 atom stereocenters. The summed E-state index contributed by atoms with van der Waals surface area (Å²) >= 11 is 7.81. The Morgan fingerprint density at radius 2 is 1.89 bits per heavy atom. The van der Waals surface area contributed by atoms with Crippen LogP contribution < -0.4 is 4.74 Å². The third kappa shape index (κ3) is 4.74. The lowest BCUT2D eigenvalue weighted by Gasteiger charge is -2.12. The average molecular weight is 527 g/mol. The Kier molecular flexibility index (Phi) is 6.74. The monoisotopic (exact) mass is 525 g/mol. The largest absolute Gasteiger partial charge is 0.487 e. The number of hydrogen-bond donors (Lipinski definition) is 0. The second-order valence-electron chi connectivity index (χ2n) is 5.81. The molecule has 0 aliphatic carbocycles. The number of imide groups is 1. The number of ether oxygens (including phenoxy) is 1. The van der Waals surface area contributed by atoms with E-state index < -0.39 is 0 Å². The quantitative estimate of drug-likeness (QED) is 0.334. The van der Waals surface area contributed by atoms with Crippen LogP contribution in [0.3, 0.4) is 0 Å². The van der Waals surface area contributed by atoms with Crippen LogP contribution in [0.1, 0.15) is 11.1 Å². The Bertz CT molecular complexity index is 970. The molecule has 4 nitrogen and oxygen atoms in total. The van der Waals surface area contributed by atoms with Gasteiger partial charge in [0.1, 0.15) is 18.2 Å². The van der Waals surface area contributed by atoms with Gasteiger partial charge in [-0.05, 0) is 85.1 Å². The highest BCUT2D eigenvalue weighted by molar-refractivity contribution is 9.11. The van der Waals surface area contributed by atoms with Gasteiger partial charge in [-0.15, -0.1) is 6.58 Å². The number of carbonyl (C=O) groups is 2. The first-order valence-electron chi connectivity index (χ1n) is 8.11. The van der Waals surface area contributed by atoms with Gasteiger partial charge in [-0.3, -0.25) is 14.5 Å². The van der Waals surface area contributed by atoms with Gasteiger partial charge in [-0.25, -0.2) is 4.39 Å². The Morgan fingerprint density at radius 1 is 1.18 bits per heavy atom. The Balaban J connectivity index is 1.79. The number of benzene rings is 2. The smallest absolute Gasteiger partial charge is 0.293 e. The summed E-state index contributed by atoms with van der Waals surface area (Å²) in [5.74, 6) is -0.102. The molecule has 144 valence electrons. The molecule has 1 fully saturated rings. The van der Waals surface area contributed by atoms with Crippen LogP contribution in [0.25, 0.3) is 6.08 Å². The van der Waals surface area contributed by atoms with Gasteiger partial charge in [-0.2, -0.15) is 0 Å². The van der Waals surface area contributed by atoms with Gasteiger partial charge in [0.05, 0.1) is 13.9 Å². The third-order valence-corrected chi connectivity index (χ3v) is 5.86. The van der Waals surface area contributed by atoms with Gasteiger partial charge in [0.2, 0.25) is 0 Å². The number of rotatable bonds is 6. The van der Waals surface area contributed by atoms with E-state index in [9.17, 15) is 14.0 Å². The highest BCUT2D eigenvalue weighted by atomic mass is 79.9. The molecular weight excluding hydrogens is 513 g/mol. The molecule has 0 spiro atoms. The molecular formula is C20H14Br2FNO3S. The highest BCUT2D eigenvalue weighted by Gasteiger charge is 2.34. The fraction of sp³-hybridized carbons (Fsp3) is 0.100. The highest BCUT2D eigenvalue weighted by Crippen LogP contribution is 2.38. The number of amides is 2. The standard InChI is InChI=1S/C20H14Br2FNO3S/c1-2-6-24-19(25)17(28-20(24)26)10-13-8-15(21)18(16(22)9-13)27-11-12-4-3-5-14(23)7-12/h2-5,7-10H,1,6,11H2/b17-10+. The first-order chi connectivity index (χ1) is 13.4. The van der Waals surface area contributed by atoms with Crippen LogP contribution in [-0.4, -0.2) is 22.6 Å². The van der Waals surface area contributed by atoms with E-state index in [2.05, 4.69) is 38.4 Å². The maximum Gasteiger partial charge on any atom is 0.293 e. The third-order valence-electron chi connectivity index (χ3n) is 3.78. The summed E-state index contributed by atoms with van der Waals surface area (Å²) in [6.45, 7) is 3.94. The minimum Gasteiger partial charge on any atom is -0.487 e. The summed E-state index contributed by atoms with van der Waals surface area (Å²) in [4.78, 5) is 25.7. The molecule has 1 heterocycles. The van der Waals surface area contributed by atoms with E-state index in [0.29, 0.717) is 25.2 Å². The molecule has 1 aliphatic rings. The molecule has 0 saturated carbocycles. The van der Waals surface area contributed by atoms with E-state index >= 15 is 0 Å². The SMILES string of the molecule is C=CCN1C(=O)S/C(=C/c2cc(Br)c(OCc3cccc(F)c3)c(Br)c2)C1=O. The van der Waals surface area contributed by atoms with Crippen molar-refractivity contribution in [3.05, 3.63) is 79.8 Å². The Labute approximate surface area is 182 Å². The molecule has 2 aromatic rings. The molecule has 0 radical (unpaired) electrons. The second-order valence-corrected chi connectivity index (χ2v) is 8.52. The van der Waals surface area contributed by atoms with E-state index in [1.165, 1.54) is 18.2 Å². The molecule has 28 heavy (non-hydrogen) atoms. The fourth-order valence-corrected chi connectivity index (χ4v) is 4.82. The lowest BCUT2D eigenvalue weighted by Crippen LogP contribution is -2.27. The van der Waals surface area contributed by atoms with Crippen molar-refractivity contribution < 1.29 is 18.7 Å². The van der Waals surface area contributed by atoms with Crippen molar-refractivity contribution in [2.24, 2.45) is 0 Å². The summed E-state index contributed by atoms with van der Waals surface area (Å²) < 4.78 is 20.4. The van der Waals surface area contributed by atoms with Crippen LogP contribution in [0.5, 0.6) is 5.75 Å². The van der Waals surface area contributed by atoms with Gasteiger partial charge in [0.25, 0.3) is 11.1 Å². The second kappa shape index (κ2) is 9.07. The van der Waals surface area contributed by atoms with E-state index in [0.717, 1.165) is 22.2 Å². The van der Waals surface area contributed by atoms with E-state index in [4.69, 9.17) is 4.74 Å². The van der Waals surface area contributed by atoms with Crippen LogP contribution in [0.15, 0.2) is 62.9 Å². The first kappa shape index (κ1) is 20.8. The summed E-state index contributed by atoms with van der Waals surface area (Å²) in [7, 11) is 0. The lowest BCUT2D eigenvalue weighted by atomic mass is 10.2. The molecule has 0 bridgehead atoms. The van der Waals surface area contributed by atoms with Crippen molar-refractivity contribution >= 4 is 60.8 Å². The average Bonchev–Trinajstić information content (AvgIpc) is 2.89. The first-order valence-corrected chi connectivity index (χ1v) is 10.5. The van der Waals surface area contributed by atoms with Crippen LogP contribution in [0, 0.1) is 5.82 Å². The number of nitrogens with zero attached hydrogens (tertiary/aromatic N) is 1. The number of carbonyl (C=O) groups excluding carboxylic acids is 2. The maximum atomic E-state index is 13.3. The van der Waals surface area contributed by atoms with E-state index in [1.807, 2.05) is 0 Å². The number of hydrogen-bond acceptors (Lipinski definition) is 4. The number of halogens is 3. The number of thioether (sulfide) groups is 1. The van der Waals surface area contributed by atoms with Crippen LogP contribution in [0.4, 0.5) is 9.18 Å². The molecule has 3 rings (SSSR count). The fourth-order valence-electron chi connectivity index (χ4n) is 2.52. The summed E-state index contributed by atoms with van der Waals surface area (Å²) in [6.07, 6.45) is 3.16. The van der Waals surface area contributed by atoms with E-state index in [-0.39, 0.29) is 30.1 Å². The Morgan fingerprint density at radius 3 is 2.54 bits per heavy atom. The molecule has 0 aromatic heterocycles. The van der Waals surface area contributed by atoms with Crippen LogP contribution in [-0.2, 0) is 11.4 Å². The predicted molar refractivity (Wildman–Crippen MR) is 115 cm³/mol. The maximum absolute atomic E-state index is 13.3. The normalized spacial score (nSPS) is 15.4. The molecule has 1 aliphatic heterocycles. The van der Waals surface area contributed by atoms with Gasteiger partial charge in [0, 0.05) is 6.54 Å². The minimum absolute atomic E-state index is 0.183. The van der Waals surface area contributed by atoms with Gasteiger partial charge in [0.15, 0.2) is 0 Å². The zero-order chi connectivity index (χ0) is 20.3. The summed E-state index contributed by atoms with van der Waals surface area (Å²) in [5.41, 5.74) is 1.43. The van der Waals surface area contributed by atoms with Crippen LogP contribution in [0.2, 0.25) is 0 Å². The summed E-state index contributed by atoms with van der Waals surface area (Å²) in [6, 6.07) is 9.76. The molecule has 0 unspecified atom stereocenters. The van der Waals surface area contributed by atoms with Crippen molar-refractivity contribution in [2.75, 3.05) is 6.54 Å². The van der Waals surface area contributed by atoms with Gasteiger partial charge in [-0.1, -0.05) is 18.2 Å². The van der Waals surface area contributed by atoms with Crippen molar-refractivity contribution in [1.82, 2.24) is 4.90 Å². The van der Waals surface area contributed by atoms with Crippen molar-refractivity contribution in [3.63, 3.8) is 0 Å². The molecule has 1 saturated heterocycles. The van der Waals surface area contributed by atoms with Crippen molar-refractivity contribution in [2.45, 2.75) is 6.61 Å². The minimum atomic E-state index is -0.339. The predicted octanol–water partition coefficient (Wildman–Crippen LogP) is 6.15. The van der Waals surface area contributed by atoms with Gasteiger partial charge >= 0.3 is 0 Å². The van der Waals surface area contributed by atoms with Crippen molar-refractivity contribution in [3.8, 4) is 5.75 Å². The Hall–Kier alpha value is -1.90. The molecule has 2 aromatic carbocycles. The molecule has 8 heteroatoms. The topological polar surface area (TPSA) is 46.6 Å². The van der Waals surface area contributed by atoms with Crippen molar-refractivity contribution in [1.29, 1.82) is 0 Å². The zero-order valence-electron chi connectivity index (χ0n) is 14.5. The molecule has 0 N–H and O–H groups in total. The van der Waals surface area contributed by atoms with Crippen LogP contribution >= 0.6 is 43.6 Å².